The van der Waals surface area contributed by atoms with E-state index in [1.807, 2.05) is 18.4 Å². The highest BCUT2D eigenvalue weighted by molar-refractivity contribution is 7.10. The molecule has 1 amide bonds. The molecule has 0 radical (unpaired) electrons. The molecule has 4 rings (SSSR count). The highest BCUT2D eigenvalue weighted by atomic mass is 35.5. The molecule has 5 nitrogen and oxygen atoms in total. The number of carbonyl (C=O) groups is 2. The molecule has 2 heterocycles. The molecule has 152 valence electrons. The smallest absolute Gasteiger partial charge is 0.300 e. The molecular formula is C23H18ClNO4S. The number of amides is 1. The summed E-state index contributed by atoms with van der Waals surface area (Å²) in [6.07, 6.45) is 0. The summed E-state index contributed by atoms with van der Waals surface area (Å²) in [6, 6.07) is 14.6. The topological polar surface area (TPSA) is 66.8 Å². The van der Waals surface area contributed by atoms with Crippen LogP contribution in [0.3, 0.4) is 0 Å². The molecule has 1 atom stereocenters. The van der Waals surface area contributed by atoms with Gasteiger partial charge in [0.25, 0.3) is 11.7 Å². The molecule has 1 aliphatic rings. The summed E-state index contributed by atoms with van der Waals surface area (Å²) in [7, 11) is 1.54. The number of halogens is 1. The highest BCUT2D eigenvalue weighted by Crippen LogP contribution is 2.45. The molecular weight excluding hydrogens is 422 g/mol. The van der Waals surface area contributed by atoms with Gasteiger partial charge in [0.15, 0.2) is 0 Å². The van der Waals surface area contributed by atoms with Crippen molar-refractivity contribution in [2.45, 2.75) is 13.0 Å². The number of rotatable bonds is 4. The predicted molar refractivity (Wildman–Crippen MR) is 118 cm³/mol. The summed E-state index contributed by atoms with van der Waals surface area (Å²) in [5.74, 6) is -1.10. The van der Waals surface area contributed by atoms with E-state index in [1.165, 1.54) is 23.3 Å². The first-order valence-electron chi connectivity index (χ1n) is 9.17. The second kappa shape index (κ2) is 7.97. The molecule has 1 fully saturated rings. The van der Waals surface area contributed by atoms with Gasteiger partial charge in [-0.25, -0.2) is 0 Å². The number of methoxy groups -OCH3 is 1. The standard InChI is InChI=1S/C23H18ClNO4S/c1-13-10-11-30-22(13)19-18(20(26)14-6-8-15(24)9-7-14)21(27)23(28)25(19)16-4-3-5-17(12-16)29-2/h3-12,19,26H,1-2H3/b20-18-. The quantitative estimate of drug-likeness (QED) is 0.338. The number of thiophene rings is 1. The van der Waals surface area contributed by atoms with Gasteiger partial charge in [-0.1, -0.05) is 17.7 Å². The summed E-state index contributed by atoms with van der Waals surface area (Å²) >= 11 is 7.39. The van der Waals surface area contributed by atoms with Crippen molar-refractivity contribution in [2.75, 3.05) is 12.0 Å². The van der Waals surface area contributed by atoms with Crippen LogP contribution in [0.15, 0.2) is 65.6 Å². The molecule has 1 aliphatic heterocycles. The van der Waals surface area contributed by atoms with E-state index in [4.69, 9.17) is 16.3 Å². The monoisotopic (exact) mass is 439 g/mol. The first-order valence-corrected chi connectivity index (χ1v) is 10.4. The summed E-state index contributed by atoms with van der Waals surface area (Å²) in [4.78, 5) is 28.4. The van der Waals surface area contributed by atoms with E-state index < -0.39 is 17.7 Å². The first kappa shape index (κ1) is 20.2. The minimum atomic E-state index is -0.743. The van der Waals surface area contributed by atoms with E-state index in [9.17, 15) is 14.7 Å². The molecule has 1 saturated heterocycles. The van der Waals surface area contributed by atoms with Crippen LogP contribution in [0.5, 0.6) is 5.75 Å². The van der Waals surface area contributed by atoms with E-state index in [0.29, 0.717) is 22.0 Å². The fourth-order valence-corrected chi connectivity index (χ4v) is 4.69. The third kappa shape index (κ3) is 3.38. The molecule has 1 aromatic heterocycles. The zero-order chi connectivity index (χ0) is 21.4. The van der Waals surface area contributed by atoms with Gasteiger partial charge in [-0.05, 0) is 60.3 Å². The van der Waals surface area contributed by atoms with Gasteiger partial charge in [0.1, 0.15) is 17.6 Å². The number of ether oxygens (including phenoxy) is 1. The Morgan fingerprint density at radius 1 is 1.13 bits per heavy atom. The summed E-state index contributed by atoms with van der Waals surface area (Å²) < 4.78 is 5.29. The van der Waals surface area contributed by atoms with Gasteiger partial charge in [0.2, 0.25) is 0 Å². The second-order valence-electron chi connectivity index (χ2n) is 6.85. The largest absolute Gasteiger partial charge is 0.507 e. The molecule has 0 saturated carbocycles. The molecule has 1 N–H and O–H groups in total. The Labute approximate surface area is 182 Å². The lowest BCUT2D eigenvalue weighted by molar-refractivity contribution is -0.132. The first-order chi connectivity index (χ1) is 14.4. The van der Waals surface area contributed by atoms with Crippen molar-refractivity contribution in [3.8, 4) is 5.75 Å². The Morgan fingerprint density at radius 3 is 2.50 bits per heavy atom. The number of nitrogens with zero attached hydrogens (tertiary/aromatic N) is 1. The zero-order valence-electron chi connectivity index (χ0n) is 16.3. The van der Waals surface area contributed by atoms with Crippen molar-refractivity contribution in [3.05, 3.63) is 86.6 Å². The van der Waals surface area contributed by atoms with Crippen LogP contribution in [-0.4, -0.2) is 23.9 Å². The van der Waals surface area contributed by atoms with Crippen LogP contribution in [-0.2, 0) is 9.59 Å². The van der Waals surface area contributed by atoms with E-state index in [2.05, 4.69) is 0 Å². The number of benzene rings is 2. The van der Waals surface area contributed by atoms with Crippen LogP contribution in [0.2, 0.25) is 5.02 Å². The SMILES string of the molecule is COc1cccc(N2C(=O)C(=O)/C(=C(\O)c3ccc(Cl)cc3)C2c2sccc2C)c1. The number of hydrogen-bond acceptors (Lipinski definition) is 5. The Morgan fingerprint density at radius 2 is 1.87 bits per heavy atom. The third-order valence-corrected chi connectivity index (χ3v) is 6.37. The molecule has 1 unspecified atom stereocenters. The van der Waals surface area contributed by atoms with Crippen molar-refractivity contribution in [1.29, 1.82) is 0 Å². The lowest BCUT2D eigenvalue weighted by atomic mass is 9.98. The third-order valence-electron chi connectivity index (χ3n) is 5.04. The minimum absolute atomic E-state index is 0.0516. The maximum absolute atomic E-state index is 13.1. The molecule has 0 spiro atoms. The number of Topliss-reactive ketones (excluding diaryl/α,β-unsaturated/α-hetero) is 1. The number of aliphatic hydroxyl groups excluding tert-OH is 1. The van der Waals surface area contributed by atoms with Gasteiger partial charge >= 0.3 is 0 Å². The van der Waals surface area contributed by atoms with Crippen LogP contribution in [0.25, 0.3) is 5.76 Å². The summed E-state index contributed by atoms with van der Waals surface area (Å²) in [5.41, 5.74) is 1.92. The van der Waals surface area contributed by atoms with Gasteiger partial charge in [0, 0.05) is 27.2 Å². The zero-order valence-corrected chi connectivity index (χ0v) is 17.8. The Bertz CT molecular complexity index is 1170. The summed E-state index contributed by atoms with van der Waals surface area (Å²) in [5, 5.41) is 13.5. The predicted octanol–water partition coefficient (Wildman–Crippen LogP) is 5.34. The molecule has 7 heteroatoms. The molecule has 3 aromatic rings. The fourth-order valence-electron chi connectivity index (χ4n) is 3.54. The van der Waals surface area contributed by atoms with Crippen LogP contribution in [0.4, 0.5) is 5.69 Å². The number of ketones is 1. The van der Waals surface area contributed by atoms with Gasteiger partial charge < -0.3 is 9.84 Å². The molecule has 0 bridgehead atoms. The van der Waals surface area contributed by atoms with E-state index in [1.54, 1.807) is 48.5 Å². The van der Waals surface area contributed by atoms with Gasteiger partial charge in [-0.3, -0.25) is 14.5 Å². The average Bonchev–Trinajstić information content (AvgIpc) is 3.28. The Kier molecular flexibility index (Phi) is 5.37. The van der Waals surface area contributed by atoms with E-state index in [-0.39, 0.29) is 11.3 Å². The summed E-state index contributed by atoms with van der Waals surface area (Å²) in [6.45, 7) is 1.92. The van der Waals surface area contributed by atoms with Crippen molar-refractivity contribution in [3.63, 3.8) is 0 Å². The lowest BCUT2D eigenvalue weighted by Crippen LogP contribution is -2.29. The van der Waals surface area contributed by atoms with Crippen LogP contribution in [0, 0.1) is 6.92 Å². The highest BCUT2D eigenvalue weighted by Gasteiger charge is 2.48. The van der Waals surface area contributed by atoms with Crippen molar-refractivity contribution >= 4 is 46.1 Å². The van der Waals surface area contributed by atoms with Crippen LogP contribution >= 0.6 is 22.9 Å². The van der Waals surface area contributed by atoms with Crippen molar-refractivity contribution < 1.29 is 19.4 Å². The maximum Gasteiger partial charge on any atom is 0.300 e. The maximum atomic E-state index is 13.1. The second-order valence-corrected chi connectivity index (χ2v) is 8.23. The van der Waals surface area contributed by atoms with Gasteiger partial charge in [-0.15, -0.1) is 11.3 Å². The average molecular weight is 440 g/mol. The van der Waals surface area contributed by atoms with Gasteiger partial charge in [0.05, 0.1) is 12.7 Å². The van der Waals surface area contributed by atoms with E-state index >= 15 is 0 Å². The normalized spacial score (nSPS) is 18.1. The van der Waals surface area contributed by atoms with Gasteiger partial charge in [-0.2, -0.15) is 0 Å². The van der Waals surface area contributed by atoms with Crippen LogP contribution < -0.4 is 9.64 Å². The van der Waals surface area contributed by atoms with Crippen LogP contribution in [0.1, 0.15) is 22.0 Å². The van der Waals surface area contributed by atoms with E-state index in [0.717, 1.165) is 10.4 Å². The fraction of sp³-hybridized carbons (Fsp3) is 0.130. The Balaban J connectivity index is 1.94. The molecule has 30 heavy (non-hydrogen) atoms. The molecule has 0 aliphatic carbocycles. The van der Waals surface area contributed by atoms with Crippen molar-refractivity contribution in [1.82, 2.24) is 0 Å². The Hall–Kier alpha value is -3.09. The van der Waals surface area contributed by atoms with Crippen molar-refractivity contribution in [2.24, 2.45) is 0 Å². The number of aryl methyl sites for hydroxylation is 1. The lowest BCUT2D eigenvalue weighted by Gasteiger charge is -2.25. The number of aliphatic hydroxyl groups is 1. The number of anilines is 1. The molecule has 2 aromatic carbocycles. The minimum Gasteiger partial charge on any atom is -0.507 e. The number of hydrogen-bond donors (Lipinski definition) is 1. The number of carbonyl (C=O) groups excluding carboxylic acids is 2.